The molecule has 7 heteroatoms. The highest BCUT2D eigenvalue weighted by Gasteiger charge is 2.11. The smallest absolute Gasteiger partial charge is 0.330 e. The maximum absolute atomic E-state index is 11.5. The molecule has 86 valence electrons. The standard InChI is InChI=1S/C9H13N5O2/c1-2-14-7-6(8(15)13-9(14)16)11-5(12-7)3-4-10/h2-4,10H2,1H3,(H,11,12)(H,13,15,16). The molecule has 2 aromatic heterocycles. The van der Waals surface area contributed by atoms with Gasteiger partial charge >= 0.3 is 5.69 Å². The molecule has 0 aliphatic heterocycles. The number of H-pyrrole nitrogens is 2. The number of nitrogens with one attached hydrogen (secondary N) is 2. The van der Waals surface area contributed by atoms with Crippen LogP contribution in [0.15, 0.2) is 9.59 Å². The Kier molecular flexibility index (Phi) is 2.61. The monoisotopic (exact) mass is 223 g/mol. The van der Waals surface area contributed by atoms with Gasteiger partial charge in [-0.25, -0.2) is 9.78 Å². The van der Waals surface area contributed by atoms with Crippen LogP contribution in [0.5, 0.6) is 0 Å². The van der Waals surface area contributed by atoms with E-state index in [4.69, 9.17) is 5.73 Å². The number of imidazole rings is 1. The fourth-order valence-corrected chi connectivity index (χ4v) is 1.64. The second kappa shape index (κ2) is 3.93. The van der Waals surface area contributed by atoms with Gasteiger partial charge in [0.1, 0.15) is 11.3 Å². The molecule has 16 heavy (non-hydrogen) atoms. The lowest BCUT2D eigenvalue weighted by molar-refractivity contribution is 0.718. The number of nitrogens with zero attached hydrogens (tertiary/aromatic N) is 2. The van der Waals surface area contributed by atoms with Gasteiger partial charge in [0.25, 0.3) is 5.56 Å². The van der Waals surface area contributed by atoms with Gasteiger partial charge in [-0.1, -0.05) is 0 Å². The highest BCUT2D eigenvalue weighted by atomic mass is 16.2. The summed E-state index contributed by atoms with van der Waals surface area (Å²) in [6.07, 6.45) is 0.548. The zero-order valence-electron chi connectivity index (χ0n) is 8.91. The lowest BCUT2D eigenvalue weighted by Gasteiger charge is -1.99. The highest BCUT2D eigenvalue weighted by molar-refractivity contribution is 5.69. The molecule has 4 N–H and O–H groups in total. The van der Waals surface area contributed by atoms with Gasteiger partial charge in [-0.05, 0) is 13.5 Å². The maximum atomic E-state index is 11.5. The minimum absolute atomic E-state index is 0.324. The Balaban J connectivity index is 2.79. The predicted molar refractivity (Wildman–Crippen MR) is 59.4 cm³/mol. The fraction of sp³-hybridized carbons (Fsp3) is 0.444. The Morgan fingerprint density at radius 3 is 2.75 bits per heavy atom. The lowest BCUT2D eigenvalue weighted by Crippen LogP contribution is -2.29. The van der Waals surface area contributed by atoms with Crippen LogP contribution in [-0.2, 0) is 13.0 Å². The number of aryl methyl sites for hydroxylation is 1. The van der Waals surface area contributed by atoms with Gasteiger partial charge in [0, 0.05) is 13.0 Å². The van der Waals surface area contributed by atoms with Crippen molar-refractivity contribution in [2.45, 2.75) is 19.9 Å². The summed E-state index contributed by atoms with van der Waals surface area (Å²) in [5.74, 6) is 0.621. The van der Waals surface area contributed by atoms with Crippen LogP contribution >= 0.6 is 0 Å². The van der Waals surface area contributed by atoms with Crippen molar-refractivity contribution in [3.05, 3.63) is 26.7 Å². The Morgan fingerprint density at radius 1 is 1.38 bits per heavy atom. The van der Waals surface area contributed by atoms with Crippen LogP contribution < -0.4 is 17.0 Å². The van der Waals surface area contributed by atoms with Crippen molar-refractivity contribution in [2.75, 3.05) is 6.54 Å². The number of aromatic nitrogens is 4. The Morgan fingerprint density at radius 2 is 2.12 bits per heavy atom. The maximum Gasteiger partial charge on any atom is 0.330 e. The molecule has 0 aliphatic rings. The van der Waals surface area contributed by atoms with E-state index in [9.17, 15) is 9.59 Å². The van der Waals surface area contributed by atoms with Crippen LogP contribution in [0, 0.1) is 0 Å². The molecule has 7 nitrogen and oxygen atoms in total. The molecule has 0 amide bonds. The molecule has 0 aliphatic carbocycles. The third-order valence-electron chi connectivity index (χ3n) is 2.38. The fourth-order valence-electron chi connectivity index (χ4n) is 1.64. The minimum atomic E-state index is -0.444. The SMILES string of the molecule is CCn1c(=O)[nH]c(=O)c2[nH]c(CCN)nc21. The van der Waals surface area contributed by atoms with Crippen molar-refractivity contribution < 1.29 is 0 Å². The summed E-state index contributed by atoms with van der Waals surface area (Å²) in [4.78, 5) is 32.3. The number of rotatable bonds is 3. The van der Waals surface area contributed by atoms with Crippen LogP contribution in [0.4, 0.5) is 0 Å². The molecule has 0 unspecified atom stereocenters. The van der Waals surface area contributed by atoms with Gasteiger partial charge in [-0.2, -0.15) is 0 Å². The van der Waals surface area contributed by atoms with Crippen LogP contribution in [0.2, 0.25) is 0 Å². The first-order chi connectivity index (χ1) is 7.67. The van der Waals surface area contributed by atoms with Gasteiger partial charge in [0.2, 0.25) is 0 Å². The largest absolute Gasteiger partial charge is 0.336 e. The molecule has 2 rings (SSSR count). The molecule has 0 saturated carbocycles. The van der Waals surface area contributed by atoms with Gasteiger partial charge < -0.3 is 10.7 Å². The number of hydrogen-bond acceptors (Lipinski definition) is 4. The van der Waals surface area contributed by atoms with E-state index in [2.05, 4.69) is 15.0 Å². The molecule has 0 fully saturated rings. The minimum Gasteiger partial charge on any atom is -0.336 e. The van der Waals surface area contributed by atoms with Crippen molar-refractivity contribution in [2.24, 2.45) is 5.73 Å². The quantitative estimate of drug-likeness (QED) is 0.615. The predicted octanol–water partition coefficient (Wildman–Crippen LogP) is -1.07. The van der Waals surface area contributed by atoms with Gasteiger partial charge in [-0.3, -0.25) is 14.3 Å². The number of hydrogen-bond donors (Lipinski definition) is 3. The third kappa shape index (κ3) is 1.54. The Labute approximate surface area is 90.3 Å². The van der Waals surface area contributed by atoms with Crippen molar-refractivity contribution in [3.63, 3.8) is 0 Å². The van der Waals surface area contributed by atoms with Crippen LogP contribution in [0.3, 0.4) is 0 Å². The molecule has 2 aromatic rings. The first kappa shape index (κ1) is 10.6. The zero-order chi connectivity index (χ0) is 11.7. The van der Waals surface area contributed by atoms with Gasteiger partial charge in [0.05, 0.1) is 0 Å². The number of nitrogens with two attached hydrogens (primary N) is 1. The zero-order valence-corrected chi connectivity index (χ0v) is 8.91. The molecule has 0 bridgehead atoms. The van der Waals surface area contributed by atoms with E-state index in [-0.39, 0.29) is 0 Å². The summed E-state index contributed by atoms with van der Waals surface area (Å²) in [6, 6.07) is 0. The number of fused-ring (bicyclic) bond motifs is 1. The molecule has 0 spiro atoms. The van der Waals surface area contributed by atoms with E-state index in [1.165, 1.54) is 4.57 Å². The average Bonchev–Trinajstić information content (AvgIpc) is 2.63. The lowest BCUT2D eigenvalue weighted by atomic mass is 10.4. The molecular formula is C9H13N5O2. The summed E-state index contributed by atoms with van der Waals surface area (Å²) in [7, 11) is 0. The van der Waals surface area contributed by atoms with E-state index >= 15 is 0 Å². The Bertz CT molecular complexity index is 621. The van der Waals surface area contributed by atoms with Crippen molar-refractivity contribution in [1.82, 2.24) is 19.5 Å². The molecule has 0 atom stereocenters. The topological polar surface area (TPSA) is 110 Å². The van der Waals surface area contributed by atoms with Crippen LogP contribution in [-0.4, -0.2) is 26.1 Å². The van der Waals surface area contributed by atoms with E-state index < -0.39 is 11.2 Å². The van der Waals surface area contributed by atoms with Crippen molar-refractivity contribution in [3.8, 4) is 0 Å². The second-order valence-corrected chi connectivity index (χ2v) is 3.42. The third-order valence-corrected chi connectivity index (χ3v) is 2.38. The Hall–Kier alpha value is -1.89. The van der Waals surface area contributed by atoms with Crippen molar-refractivity contribution in [1.29, 1.82) is 0 Å². The molecule has 0 saturated heterocycles. The van der Waals surface area contributed by atoms with Crippen LogP contribution in [0.1, 0.15) is 12.7 Å². The summed E-state index contributed by atoms with van der Waals surface area (Å²) in [6.45, 7) is 2.71. The normalized spacial score (nSPS) is 11.1. The van der Waals surface area contributed by atoms with Crippen LogP contribution in [0.25, 0.3) is 11.2 Å². The van der Waals surface area contributed by atoms with E-state index in [1.54, 1.807) is 0 Å². The van der Waals surface area contributed by atoms with Crippen molar-refractivity contribution >= 4 is 11.2 Å². The van der Waals surface area contributed by atoms with Gasteiger partial charge in [0.15, 0.2) is 5.65 Å². The molecule has 2 heterocycles. The molecule has 0 radical (unpaired) electrons. The molecule has 0 aromatic carbocycles. The van der Waals surface area contributed by atoms with E-state index in [0.29, 0.717) is 36.5 Å². The van der Waals surface area contributed by atoms with E-state index in [0.717, 1.165) is 0 Å². The summed E-state index contributed by atoms with van der Waals surface area (Å²) < 4.78 is 1.41. The van der Waals surface area contributed by atoms with Gasteiger partial charge in [-0.15, -0.1) is 0 Å². The summed E-state index contributed by atoms with van der Waals surface area (Å²) in [5.41, 5.74) is 5.24. The summed E-state index contributed by atoms with van der Waals surface area (Å²) in [5, 5.41) is 0. The number of aromatic amines is 2. The average molecular weight is 223 g/mol. The molecular weight excluding hydrogens is 210 g/mol. The first-order valence-electron chi connectivity index (χ1n) is 5.09. The van der Waals surface area contributed by atoms with E-state index in [1.807, 2.05) is 6.92 Å². The second-order valence-electron chi connectivity index (χ2n) is 3.42. The highest BCUT2D eigenvalue weighted by Crippen LogP contribution is 2.04. The first-order valence-corrected chi connectivity index (χ1v) is 5.09. The summed E-state index contributed by atoms with van der Waals surface area (Å²) >= 11 is 0.